The van der Waals surface area contributed by atoms with Crippen molar-refractivity contribution in [3.05, 3.63) is 113 Å². The molecule has 10 heteroatoms. The number of hydrogen-bond acceptors (Lipinski definition) is 4. The van der Waals surface area contributed by atoms with Crippen molar-refractivity contribution in [3.63, 3.8) is 0 Å². The Morgan fingerprint density at radius 3 is 2.35 bits per heavy atom. The van der Waals surface area contributed by atoms with Gasteiger partial charge >= 0.3 is 0 Å². The van der Waals surface area contributed by atoms with Gasteiger partial charge in [-0.3, -0.25) is 9.52 Å². The highest BCUT2D eigenvalue weighted by Crippen LogP contribution is 2.22. The molecule has 0 radical (unpaired) electrons. The number of benzene rings is 3. The van der Waals surface area contributed by atoms with Crippen LogP contribution in [-0.4, -0.2) is 23.9 Å². The van der Waals surface area contributed by atoms with E-state index in [1.54, 1.807) is 12.5 Å². The number of amides is 1. The maximum absolute atomic E-state index is 13.3. The number of carbonyl (C=O) groups excluding carboxylic acids is 1. The fourth-order valence-electron chi connectivity index (χ4n) is 3.19. The van der Waals surface area contributed by atoms with E-state index in [2.05, 4.69) is 15.0 Å². The van der Waals surface area contributed by atoms with Crippen molar-refractivity contribution in [1.82, 2.24) is 14.9 Å². The lowest BCUT2D eigenvalue weighted by Crippen LogP contribution is -2.22. The predicted octanol–water partition coefficient (Wildman–Crippen LogP) is 4.45. The molecule has 174 valence electrons. The number of rotatable bonds is 8. The number of aromatic nitrogens is 2. The van der Waals surface area contributed by atoms with Crippen molar-refractivity contribution < 1.29 is 17.6 Å². The third-order valence-corrected chi connectivity index (χ3v) is 6.67. The fraction of sp³-hybridized carbons (Fsp3) is 0.0833. The monoisotopic (exact) mass is 498 g/mol. The van der Waals surface area contributed by atoms with Gasteiger partial charge in [-0.15, -0.1) is 0 Å². The minimum atomic E-state index is -3.96. The molecule has 3 aromatic carbocycles. The molecule has 0 unspecified atom stereocenters. The number of carbonyl (C=O) groups is 1. The molecular formula is C24H20ClFN4O3S. The molecule has 0 saturated heterocycles. The molecule has 2 N–H and O–H groups in total. The zero-order chi connectivity index (χ0) is 24.1. The molecule has 0 aliphatic carbocycles. The highest BCUT2D eigenvalue weighted by Gasteiger charge is 2.16. The Morgan fingerprint density at radius 1 is 1.00 bits per heavy atom. The van der Waals surface area contributed by atoms with E-state index < -0.39 is 15.8 Å². The minimum Gasteiger partial charge on any atom is -0.348 e. The first-order chi connectivity index (χ1) is 16.3. The van der Waals surface area contributed by atoms with Crippen LogP contribution in [0.25, 0.3) is 0 Å². The van der Waals surface area contributed by atoms with Gasteiger partial charge in [-0.05, 0) is 53.6 Å². The van der Waals surface area contributed by atoms with Gasteiger partial charge in [0.15, 0.2) is 0 Å². The zero-order valence-corrected chi connectivity index (χ0v) is 19.4. The van der Waals surface area contributed by atoms with Gasteiger partial charge in [0, 0.05) is 36.7 Å². The lowest BCUT2D eigenvalue weighted by atomic mass is 10.1. The van der Waals surface area contributed by atoms with E-state index >= 15 is 0 Å². The molecule has 0 aliphatic heterocycles. The van der Waals surface area contributed by atoms with Gasteiger partial charge in [0.2, 0.25) is 0 Å². The summed E-state index contributed by atoms with van der Waals surface area (Å²) in [5, 5.41) is 2.55. The molecule has 0 saturated carbocycles. The number of nitrogens with zero attached hydrogens (tertiary/aromatic N) is 2. The van der Waals surface area contributed by atoms with Crippen LogP contribution < -0.4 is 10.0 Å². The molecule has 7 nitrogen and oxygen atoms in total. The minimum absolute atomic E-state index is 0.170. The SMILES string of the molecule is O=C(NCc1ccc(Cn2ccnc2)cc1)c1ccc(NS(=O)(=O)c2ccc(F)c(Cl)c2)cc1. The van der Waals surface area contributed by atoms with Crippen LogP contribution in [0, 0.1) is 5.82 Å². The number of sulfonamides is 1. The second kappa shape index (κ2) is 10.1. The van der Waals surface area contributed by atoms with Crippen LogP contribution in [0.1, 0.15) is 21.5 Å². The molecule has 34 heavy (non-hydrogen) atoms. The lowest BCUT2D eigenvalue weighted by Gasteiger charge is -2.10. The summed E-state index contributed by atoms with van der Waals surface area (Å²) in [6, 6.07) is 17.0. The number of anilines is 1. The normalized spacial score (nSPS) is 11.2. The second-order valence-electron chi connectivity index (χ2n) is 7.49. The third-order valence-electron chi connectivity index (χ3n) is 5.00. The highest BCUT2D eigenvalue weighted by atomic mass is 35.5. The van der Waals surface area contributed by atoms with Crippen LogP contribution >= 0.6 is 11.6 Å². The number of nitrogens with one attached hydrogen (secondary N) is 2. The summed E-state index contributed by atoms with van der Waals surface area (Å²) in [5.41, 5.74) is 2.70. The quantitative estimate of drug-likeness (QED) is 0.375. The third kappa shape index (κ3) is 5.81. The van der Waals surface area contributed by atoms with Crippen LogP contribution in [0.2, 0.25) is 5.02 Å². The van der Waals surface area contributed by atoms with Crippen molar-refractivity contribution in [2.24, 2.45) is 0 Å². The average molecular weight is 499 g/mol. The Labute approximate surface area is 201 Å². The Kier molecular flexibility index (Phi) is 6.95. The van der Waals surface area contributed by atoms with Gasteiger partial charge < -0.3 is 9.88 Å². The lowest BCUT2D eigenvalue weighted by molar-refractivity contribution is 0.0951. The van der Waals surface area contributed by atoms with Crippen molar-refractivity contribution in [2.45, 2.75) is 18.0 Å². The van der Waals surface area contributed by atoms with Crippen molar-refractivity contribution >= 4 is 33.2 Å². The molecule has 0 atom stereocenters. The van der Waals surface area contributed by atoms with Gasteiger partial charge in [-0.2, -0.15) is 0 Å². The first-order valence-corrected chi connectivity index (χ1v) is 12.1. The summed E-state index contributed by atoms with van der Waals surface area (Å²) < 4.78 is 42.6. The van der Waals surface area contributed by atoms with Crippen molar-refractivity contribution in [1.29, 1.82) is 0 Å². The van der Waals surface area contributed by atoms with Crippen LogP contribution in [0.5, 0.6) is 0 Å². The van der Waals surface area contributed by atoms with Crippen molar-refractivity contribution in [2.75, 3.05) is 4.72 Å². The smallest absolute Gasteiger partial charge is 0.261 e. The second-order valence-corrected chi connectivity index (χ2v) is 9.58. The van der Waals surface area contributed by atoms with Gasteiger partial charge in [0.1, 0.15) is 5.82 Å². The molecule has 1 aromatic heterocycles. The van der Waals surface area contributed by atoms with E-state index in [-0.39, 0.29) is 21.5 Å². The summed E-state index contributed by atoms with van der Waals surface area (Å²) in [6.45, 7) is 1.07. The first-order valence-electron chi connectivity index (χ1n) is 10.2. The summed E-state index contributed by atoms with van der Waals surface area (Å²) in [4.78, 5) is 16.3. The molecule has 4 rings (SSSR count). The fourth-order valence-corrected chi connectivity index (χ4v) is 4.52. The molecule has 0 spiro atoms. The van der Waals surface area contributed by atoms with Gasteiger partial charge in [-0.25, -0.2) is 17.8 Å². The maximum Gasteiger partial charge on any atom is 0.261 e. The molecule has 0 fully saturated rings. The topological polar surface area (TPSA) is 93.1 Å². The van der Waals surface area contributed by atoms with Crippen LogP contribution in [0.15, 0.2) is 90.3 Å². The van der Waals surface area contributed by atoms with Crippen LogP contribution in [0.4, 0.5) is 10.1 Å². The predicted molar refractivity (Wildman–Crippen MR) is 128 cm³/mol. The maximum atomic E-state index is 13.3. The summed E-state index contributed by atoms with van der Waals surface area (Å²) >= 11 is 5.67. The molecular weight excluding hydrogens is 479 g/mol. The summed E-state index contributed by atoms with van der Waals surface area (Å²) in [5.74, 6) is -0.997. The van der Waals surface area contributed by atoms with Gasteiger partial charge in [-0.1, -0.05) is 35.9 Å². The van der Waals surface area contributed by atoms with Crippen LogP contribution in [-0.2, 0) is 23.1 Å². The molecule has 0 bridgehead atoms. The van der Waals surface area contributed by atoms with E-state index in [4.69, 9.17) is 11.6 Å². The zero-order valence-electron chi connectivity index (χ0n) is 17.8. The van der Waals surface area contributed by atoms with E-state index in [1.165, 1.54) is 24.3 Å². The van der Waals surface area contributed by atoms with Gasteiger partial charge in [0.25, 0.3) is 15.9 Å². The highest BCUT2D eigenvalue weighted by molar-refractivity contribution is 7.92. The van der Waals surface area contributed by atoms with E-state index in [1.807, 2.05) is 35.0 Å². The Morgan fingerprint density at radius 2 is 1.71 bits per heavy atom. The molecule has 0 aliphatic rings. The Bertz CT molecular complexity index is 1390. The van der Waals surface area contributed by atoms with Crippen LogP contribution in [0.3, 0.4) is 0 Å². The van der Waals surface area contributed by atoms with Crippen molar-refractivity contribution in [3.8, 4) is 0 Å². The molecule has 1 amide bonds. The number of hydrogen-bond donors (Lipinski definition) is 2. The van der Waals surface area contributed by atoms with E-state index in [0.29, 0.717) is 12.1 Å². The van der Waals surface area contributed by atoms with Gasteiger partial charge in [0.05, 0.1) is 16.2 Å². The number of imidazole rings is 1. The number of halogens is 2. The molecule has 4 aromatic rings. The standard InChI is InChI=1S/C24H20ClFN4O3S/c25-22-13-21(9-10-23(22)26)34(32,33)29-20-7-5-19(6-8-20)24(31)28-14-17-1-3-18(4-2-17)15-30-12-11-27-16-30/h1-13,16,29H,14-15H2,(H,28,31). The van der Waals surface area contributed by atoms with E-state index in [9.17, 15) is 17.6 Å². The largest absolute Gasteiger partial charge is 0.348 e. The Balaban J connectivity index is 1.33. The first kappa shape index (κ1) is 23.5. The summed E-state index contributed by atoms with van der Waals surface area (Å²) in [7, 11) is -3.96. The summed E-state index contributed by atoms with van der Waals surface area (Å²) in [6.07, 6.45) is 5.37. The Hall–Kier alpha value is -3.69. The molecule has 1 heterocycles. The van der Waals surface area contributed by atoms with E-state index in [0.717, 1.165) is 35.9 Å². The average Bonchev–Trinajstić information content (AvgIpc) is 3.33.